The van der Waals surface area contributed by atoms with E-state index in [0.29, 0.717) is 6.61 Å². The third-order valence-electron chi connectivity index (χ3n) is 1.74. The molecule has 0 bridgehead atoms. The summed E-state index contributed by atoms with van der Waals surface area (Å²) in [6.07, 6.45) is 12.0. The van der Waals surface area contributed by atoms with Crippen LogP contribution in [-0.4, -0.2) is 6.61 Å². The van der Waals surface area contributed by atoms with Crippen molar-refractivity contribution in [1.29, 1.82) is 0 Å². The lowest BCUT2D eigenvalue weighted by molar-refractivity contribution is 0.301. The molecule has 0 radical (unpaired) electrons. The Morgan fingerprint density at radius 3 is 2.53 bits per heavy atom. The lowest BCUT2D eigenvalue weighted by Crippen LogP contribution is -1.84. The van der Waals surface area contributed by atoms with Crippen LogP contribution in [0, 0.1) is 0 Å². The number of ether oxygens (including phenoxy) is 1. The zero-order valence-electron chi connectivity index (χ0n) is 10.1. The molecule has 84 valence electrons. The van der Waals surface area contributed by atoms with Gasteiger partial charge in [-0.2, -0.15) is 0 Å². The normalized spacial score (nSPS) is 17.0. The first-order valence-electron chi connectivity index (χ1n) is 5.58. The summed E-state index contributed by atoms with van der Waals surface area (Å²) in [6.45, 7) is 10.8. The average Bonchev–Trinajstić information content (AvgIpc) is 2.71. The van der Waals surface area contributed by atoms with Crippen molar-refractivity contribution in [3.63, 3.8) is 0 Å². The molecular formula is C14H22O. The fourth-order valence-corrected chi connectivity index (χ4v) is 1.08. The maximum atomic E-state index is 5.08. The molecule has 0 spiro atoms. The third-order valence-corrected chi connectivity index (χ3v) is 1.74. The highest BCUT2D eigenvalue weighted by molar-refractivity contribution is 5.33. The maximum Gasteiger partial charge on any atom is 0.113 e. The molecule has 1 aliphatic rings. The molecule has 0 aliphatic carbocycles. The van der Waals surface area contributed by atoms with E-state index in [1.807, 2.05) is 18.2 Å². The fourth-order valence-electron chi connectivity index (χ4n) is 1.08. The Bertz CT molecular complexity index is 257. The zero-order valence-corrected chi connectivity index (χ0v) is 10.1. The summed E-state index contributed by atoms with van der Waals surface area (Å²) in [7, 11) is 0. The van der Waals surface area contributed by atoms with E-state index in [1.165, 1.54) is 17.6 Å². The van der Waals surface area contributed by atoms with Crippen LogP contribution < -0.4 is 0 Å². The molecule has 0 amide bonds. The standard InChI is InChI=1S/C11H14O.C3H8/c1-3-5-10(4-2)8-11-6-7-12-9-11;1-3-2/h3,5-8H,1,4,9H2,2H3;3H2,1-2H3/b10-5-,11-8-;. The van der Waals surface area contributed by atoms with E-state index in [9.17, 15) is 0 Å². The Hall–Kier alpha value is -1.24. The summed E-state index contributed by atoms with van der Waals surface area (Å²) in [6, 6.07) is 0. The van der Waals surface area contributed by atoms with Gasteiger partial charge in [-0.3, -0.25) is 0 Å². The summed E-state index contributed by atoms with van der Waals surface area (Å²) in [5.41, 5.74) is 2.51. The minimum Gasteiger partial charge on any atom is -0.497 e. The summed E-state index contributed by atoms with van der Waals surface area (Å²) in [4.78, 5) is 0. The highest BCUT2D eigenvalue weighted by Gasteiger charge is 1.99. The zero-order chi connectivity index (χ0) is 11.5. The molecule has 1 nitrogen and oxygen atoms in total. The first-order chi connectivity index (χ1) is 7.28. The van der Waals surface area contributed by atoms with Crippen molar-refractivity contribution in [3.8, 4) is 0 Å². The molecule has 1 heteroatoms. The molecule has 0 fully saturated rings. The molecule has 0 saturated heterocycles. The third kappa shape index (κ3) is 6.78. The van der Waals surface area contributed by atoms with E-state index in [-0.39, 0.29) is 0 Å². The first kappa shape index (κ1) is 13.8. The van der Waals surface area contributed by atoms with Gasteiger partial charge in [0.05, 0.1) is 6.26 Å². The van der Waals surface area contributed by atoms with Gasteiger partial charge >= 0.3 is 0 Å². The van der Waals surface area contributed by atoms with Crippen LogP contribution in [0.3, 0.4) is 0 Å². The average molecular weight is 206 g/mol. The van der Waals surface area contributed by atoms with Gasteiger partial charge in [0.15, 0.2) is 0 Å². The van der Waals surface area contributed by atoms with Gasteiger partial charge in [0.2, 0.25) is 0 Å². The van der Waals surface area contributed by atoms with Gasteiger partial charge in [-0.15, -0.1) is 0 Å². The molecule has 1 rings (SSSR count). The van der Waals surface area contributed by atoms with Gasteiger partial charge in [0.25, 0.3) is 0 Å². The molecule has 0 N–H and O–H groups in total. The molecule has 0 aromatic carbocycles. The second-order valence-electron chi connectivity index (χ2n) is 3.37. The van der Waals surface area contributed by atoms with Crippen LogP contribution in [-0.2, 0) is 4.74 Å². The SMILES string of the molecule is C=C/C=C(\C=C1\C=COC1)CC.CCC. The minimum absolute atomic E-state index is 0.703. The Balaban J connectivity index is 0.000000583. The molecule has 15 heavy (non-hydrogen) atoms. The van der Waals surface area contributed by atoms with E-state index in [1.54, 1.807) is 6.26 Å². The number of rotatable bonds is 3. The van der Waals surface area contributed by atoms with E-state index >= 15 is 0 Å². The number of hydrogen-bond donors (Lipinski definition) is 0. The van der Waals surface area contributed by atoms with Crippen molar-refractivity contribution in [1.82, 2.24) is 0 Å². The van der Waals surface area contributed by atoms with Crippen molar-refractivity contribution in [2.45, 2.75) is 33.6 Å². The first-order valence-corrected chi connectivity index (χ1v) is 5.58. The van der Waals surface area contributed by atoms with Gasteiger partial charge in [-0.1, -0.05) is 52.0 Å². The van der Waals surface area contributed by atoms with Crippen LogP contribution in [0.5, 0.6) is 0 Å². The summed E-state index contributed by atoms with van der Waals surface area (Å²) < 4.78 is 5.08. The fraction of sp³-hybridized carbons (Fsp3) is 0.429. The number of hydrogen-bond acceptors (Lipinski definition) is 1. The highest BCUT2D eigenvalue weighted by Crippen LogP contribution is 2.12. The molecule has 1 heterocycles. The van der Waals surface area contributed by atoms with Crippen molar-refractivity contribution in [3.05, 3.63) is 48.3 Å². The smallest absolute Gasteiger partial charge is 0.113 e. The summed E-state index contributed by atoms with van der Waals surface area (Å²) in [5.74, 6) is 0. The molecule has 0 saturated carbocycles. The lowest BCUT2D eigenvalue weighted by Gasteiger charge is -1.97. The quantitative estimate of drug-likeness (QED) is 0.622. The van der Waals surface area contributed by atoms with Crippen LogP contribution in [0.4, 0.5) is 0 Å². The van der Waals surface area contributed by atoms with Crippen molar-refractivity contribution in [2.24, 2.45) is 0 Å². The minimum atomic E-state index is 0.703. The van der Waals surface area contributed by atoms with Gasteiger partial charge < -0.3 is 4.74 Å². The molecule has 0 aromatic heterocycles. The second-order valence-corrected chi connectivity index (χ2v) is 3.37. The van der Waals surface area contributed by atoms with Gasteiger partial charge in [-0.25, -0.2) is 0 Å². The van der Waals surface area contributed by atoms with E-state index in [4.69, 9.17) is 4.74 Å². The van der Waals surface area contributed by atoms with Crippen LogP contribution in [0.1, 0.15) is 33.6 Å². The highest BCUT2D eigenvalue weighted by atomic mass is 16.5. The largest absolute Gasteiger partial charge is 0.497 e. The topological polar surface area (TPSA) is 9.23 Å². The lowest BCUT2D eigenvalue weighted by atomic mass is 10.1. The van der Waals surface area contributed by atoms with E-state index in [0.717, 1.165) is 6.42 Å². The Morgan fingerprint density at radius 2 is 2.13 bits per heavy atom. The molecule has 0 unspecified atom stereocenters. The number of allylic oxidation sites excluding steroid dienone is 4. The van der Waals surface area contributed by atoms with E-state index < -0.39 is 0 Å². The van der Waals surface area contributed by atoms with Crippen LogP contribution in [0.25, 0.3) is 0 Å². The van der Waals surface area contributed by atoms with Gasteiger partial charge in [-0.05, 0) is 23.6 Å². The predicted octanol–water partition coefficient (Wildman–Crippen LogP) is 4.40. The van der Waals surface area contributed by atoms with Crippen LogP contribution >= 0.6 is 0 Å². The Labute approximate surface area is 93.8 Å². The van der Waals surface area contributed by atoms with Crippen molar-refractivity contribution in [2.75, 3.05) is 6.61 Å². The summed E-state index contributed by atoms with van der Waals surface area (Å²) >= 11 is 0. The Morgan fingerprint density at radius 1 is 1.47 bits per heavy atom. The summed E-state index contributed by atoms with van der Waals surface area (Å²) in [5, 5.41) is 0. The monoisotopic (exact) mass is 206 g/mol. The second kappa shape index (κ2) is 9.32. The predicted molar refractivity (Wildman–Crippen MR) is 67.7 cm³/mol. The van der Waals surface area contributed by atoms with Crippen LogP contribution in [0.2, 0.25) is 0 Å². The van der Waals surface area contributed by atoms with Crippen molar-refractivity contribution >= 4 is 0 Å². The van der Waals surface area contributed by atoms with Crippen LogP contribution in [0.15, 0.2) is 48.3 Å². The molecule has 0 aromatic rings. The maximum absolute atomic E-state index is 5.08. The van der Waals surface area contributed by atoms with Crippen molar-refractivity contribution < 1.29 is 4.74 Å². The van der Waals surface area contributed by atoms with E-state index in [2.05, 4.69) is 33.4 Å². The Kier molecular flexibility index (Phi) is 8.55. The van der Waals surface area contributed by atoms with Gasteiger partial charge in [0, 0.05) is 0 Å². The van der Waals surface area contributed by atoms with Gasteiger partial charge in [0.1, 0.15) is 6.61 Å². The molecular weight excluding hydrogens is 184 g/mol. The molecule has 1 aliphatic heterocycles. The molecule has 0 atom stereocenters.